The molecule has 3 nitrogen and oxygen atoms in total. The Kier molecular flexibility index (Phi) is 5.08. The van der Waals surface area contributed by atoms with Gasteiger partial charge in [0, 0.05) is 11.8 Å². The third kappa shape index (κ3) is 3.54. The number of hydrogen-bond acceptors (Lipinski definition) is 3. The number of carbonyl (C=O) groups excluding carboxylic acids is 1. The standard InChI is InChI=1S/C14H7Cl3F3NO2/c1-23-13(22)10-7(14(18,19)20)2-3-21-12(10)6-4-8(15)11(17)9(16)5-6/h2-5H,1H3. The summed E-state index contributed by atoms with van der Waals surface area (Å²) in [6.07, 6.45) is -3.83. The number of esters is 1. The van der Waals surface area contributed by atoms with E-state index in [0.717, 1.165) is 13.3 Å². The van der Waals surface area contributed by atoms with Gasteiger partial charge in [0.1, 0.15) is 0 Å². The summed E-state index contributed by atoms with van der Waals surface area (Å²) in [5.74, 6) is -1.18. The molecule has 1 heterocycles. The van der Waals surface area contributed by atoms with Crippen LogP contribution in [-0.4, -0.2) is 18.1 Å². The summed E-state index contributed by atoms with van der Waals surface area (Å²) in [5.41, 5.74) is -2.04. The van der Waals surface area contributed by atoms with Gasteiger partial charge in [-0.3, -0.25) is 4.98 Å². The quantitative estimate of drug-likeness (QED) is 0.506. The van der Waals surface area contributed by atoms with Crippen molar-refractivity contribution in [3.8, 4) is 11.3 Å². The number of aromatic nitrogens is 1. The molecule has 9 heteroatoms. The normalized spacial score (nSPS) is 11.4. The van der Waals surface area contributed by atoms with Gasteiger partial charge in [-0.05, 0) is 18.2 Å². The molecule has 0 radical (unpaired) electrons. The van der Waals surface area contributed by atoms with Crippen LogP contribution in [0.25, 0.3) is 11.3 Å². The van der Waals surface area contributed by atoms with Gasteiger partial charge < -0.3 is 4.74 Å². The number of methoxy groups -OCH3 is 1. The molecular formula is C14H7Cl3F3NO2. The summed E-state index contributed by atoms with van der Waals surface area (Å²) in [6, 6.07) is 3.23. The summed E-state index contributed by atoms with van der Waals surface area (Å²) in [6.45, 7) is 0. The molecule has 2 aromatic rings. The Hall–Kier alpha value is -1.50. The molecule has 0 saturated carbocycles. The molecule has 0 spiro atoms. The van der Waals surface area contributed by atoms with E-state index < -0.39 is 23.3 Å². The molecule has 23 heavy (non-hydrogen) atoms. The lowest BCUT2D eigenvalue weighted by molar-refractivity contribution is -0.138. The third-order valence-electron chi connectivity index (χ3n) is 2.90. The fourth-order valence-electron chi connectivity index (χ4n) is 1.92. The molecular weight excluding hydrogens is 378 g/mol. The Morgan fingerprint density at radius 2 is 1.74 bits per heavy atom. The molecule has 1 aromatic heterocycles. The van der Waals surface area contributed by atoms with Crippen LogP contribution in [0.5, 0.6) is 0 Å². The van der Waals surface area contributed by atoms with Crippen molar-refractivity contribution < 1.29 is 22.7 Å². The Bertz CT molecular complexity index is 755. The van der Waals surface area contributed by atoms with Gasteiger partial charge in [-0.15, -0.1) is 0 Å². The molecule has 122 valence electrons. The van der Waals surface area contributed by atoms with Gasteiger partial charge in [-0.2, -0.15) is 13.2 Å². The Labute approximate surface area is 143 Å². The van der Waals surface area contributed by atoms with E-state index in [2.05, 4.69) is 9.72 Å². The summed E-state index contributed by atoms with van der Waals surface area (Å²) < 4.78 is 43.9. The lowest BCUT2D eigenvalue weighted by Gasteiger charge is -2.15. The van der Waals surface area contributed by atoms with Crippen molar-refractivity contribution in [1.29, 1.82) is 0 Å². The van der Waals surface area contributed by atoms with E-state index in [-0.39, 0.29) is 26.3 Å². The second-order valence-electron chi connectivity index (χ2n) is 4.33. The summed E-state index contributed by atoms with van der Waals surface area (Å²) in [4.78, 5) is 15.7. The van der Waals surface area contributed by atoms with Crippen LogP contribution in [0.3, 0.4) is 0 Å². The second kappa shape index (κ2) is 6.55. The average molecular weight is 385 g/mol. The first-order valence-electron chi connectivity index (χ1n) is 5.96. The monoisotopic (exact) mass is 383 g/mol. The zero-order valence-electron chi connectivity index (χ0n) is 11.3. The zero-order valence-corrected chi connectivity index (χ0v) is 13.6. The molecule has 0 saturated heterocycles. The van der Waals surface area contributed by atoms with Crippen molar-refractivity contribution >= 4 is 40.8 Å². The summed E-state index contributed by atoms with van der Waals surface area (Å²) in [7, 11) is 0.973. The van der Waals surface area contributed by atoms with Gasteiger partial charge in [0.2, 0.25) is 0 Å². The number of halogens is 6. The summed E-state index contributed by atoms with van der Waals surface area (Å²) >= 11 is 17.6. The molecule has 0 aliphatic carbocycles. The maximum atomic E-state index is 13.2. The molecule has 0 unspecified atom stereocenters. The van der Waals surface area contributed by atoms with E-state index in [4.69, 9.17) is 34.8 Å². The van der Waals surface area contributed by atoms with Gasteiger partial charge >= 0.3 is 12.1 Å². The number of pyridine rings is 1. The van der Waals surface area contributed by atoms with Gasteiger partial charge in [0.25, 0.3) is 0 Å². The summed E-state index contributed by atoms with van der Waals surface area (Å²) in [5, 5.41) is 0.0806. The van der Waals surface area contributed by atoms with Gasteiger partial charge in [0.15, 0.2) is 0 Å². The Morgan fingerprint density at radius 1 is 1.17 bits per heavy atom. The van der Waals surface area contributed by atoms with E-state index in [1.54, 1.807) is 0 Å². The first kappa shape index (κ1) is 17.8. The molecule has 0 aliphatic heterocycles. The Morgan fingerprint density at radius 3 is 2.22 bits per heavy atom. The van der Waals surface area contributed by atoms with Crippen LogP contribution >= 0.6 is 34.8 Å². The third-order valence-corrected chi connectivity index (χ3v) is 4.10. The average Bonchev–Trinajstić information content (AvgIpc) is 2.49. The van der Waals surface area contributed by atoms with Crippen LogP contribution in [-0.2, 0) is 10.9 Å². The molecule has 0 amide bonds. The highest BCUT2D eigenvalue weighted by molar-refractivity contribution is 6.48. The fraction of sp³-hybridized carbons (Fsp3) is 0.143. The molecule has 0 N–H and O–H groups in total. The van der Waals surface area contributed by atoms with Crippen LogP contribution in [0, 0.1) is 0 Å². The number of carbonyl (C=O) groups is 1. The second-order valence-corrected chi connectivity index (χ2v) is 5.52. The van der Waals surface area contributed by atoms with Crippen molar-refractivity contribution in [1.82, 2.24) is 4.98 Å². The van der Waals surface area contributed by atoms with E-state index in [1.807, 2.05) is 0 Å². The maximum Gasteiger partial charge on any atom is 0.417 e. The number of hydrogen-bond donors (Lipinski definition) is 0. The van der Waals surface area contributed by atoms with Crippen molar-refractivity contribution in [2.75, 3.05) is 7.11 Å². The van der Waals surface area contributed by atoms with E-state index in [0.29, 0.717) is 6.07 Å². The SMILES string of the molecule is COC(=O)c1c(C(F)(F)F)ccnc1-c1cc(Cl)c(Cl)c(Cl)c1. The molecule has 2 rings (SSSR count). The van der Waals surface area contributed by atoms with Crippen LogP contribution in [0.15, 0.2) is 24.4 Å². The van der Waals surface area contributed by atoms with Gasteiger partial charge in [-0.25, -0.2) is 4.79 Å². The highest BCUT2D eigenvalue weighted by Crippen LogP contribution is 2.39. The highest BCUT2D eigenvalue weighted by Gasteiger charge is 2.37. The molecule has 0 atom stereocenters. The van der Waals surface area contributed by atoms with Crippen LogP contribution in [0.4, 0.5) is 13.2 Å². The minimum absolute atomic E-state index is 0.0178. The first-order chi connectivity index (χ1) is 10.7. The zero-order chi connectivity index (χ0) is 17.4. The molecule has 1 aromatic carbocycles. The van der Waals surface area contributed by atoms with Gasteiger partial charge in [0.05, 0.1) is 39.0 Å². The largest absolute Gasteiger partial charge is 0.465 e. The number of ether oxygens (including phenoxy) is 1. The predicted molar refractivity (Wildman–Crippen MR) is 81.0 cm³/mol. The minimum atomic E-state index is -4.76. The molecule has 0 aliphatic rings. The van der Waals surface area contributed by atoms with Crippen molar-refractivity contribution in [3.05, 3.63) is 50.6 Å². The lowest BCUT2D eigenvalue weighted by atomic mass is 10.0. The molecule has 0 bridgehead atoms. The molecule has 0 fully saturated rings. The number of benzene rings is 1. The smallest absolute Gasteiger partial charge is 0.417 e. The van der Waals surface area contributed by atoms with E-state index in [9.17, 15) is 18.0 Å². The number of nitrogens with zero attached hydrogens (tertiary/aromatic N) is 1. The van der Waals surface area contributed by atoms with Crippen molar-refractivity contribution in [2.45, 2.75) is 6.18 Å². The number of rotatable bonds is 2. The van der Waals surface area contributed by atoms with Crippen molar-refractivity contribution in [2.24, 2.45) is 0 Å². The Balaban J connectivity index is 2.80. The first-order valence-corrected chi connectivity index (χ1v) is 7.09. The van der Waals surface area contributed by atoms with Crippen LogP contribution < -0.4 is 0 Å². The van der Waals surface area contributed by atoms with Crippen molar-refractivity contribution in [3.63, 3.8) is 0 Å². The van der Waals surface area contributed by atoms with E-state index in [1.165, 1.54) is 12.1 Å². The van der Waals surface area contributed by atoms with Crippen LogP contribution in [0.2, 0.25) is 15.1 Å². The maximum absolute atomic E-state index is 13.2. The fourth-order valence-corrected chi connectivity index (χ4v) is 2.51. The topological polar surface area (TPSA) is 39.2 Å². The highest BCUT2D eigenvalue weighted by atomic mass is 35.5. The minimum Gasteiger partial charge on any atom is -0.465 e. The predicted octanol–water partition coefficient (Wildman–Crippen LogP) is 5.51. The van der Waals surface area contributed by atoms with Crippen LogP contribution in [0.1, 0.15) is 15.9 Å². The van der Waals surface area contributed by atoms with Gasteiger partial charge in [-0.1, -0.05) is 34.8 Å². The number of alkyl halides is 3. The van der Waals surface area contributed by atoms with E-state index >= 15 is 0 Å². The lowest BCUT2D eigenvalue weighted by Crippen LogP contribution is -2.16.